The van der Waals surface area contributed by atoms with Gasteiger partial charge >= 0.3 is 5.91 Å². The van der Waals surface area contributed by atoms with E-state index in [0.29, 0.717) is 29.0 Å². The molecule has 35 heavy (non-hydrogen) atoms. The van der Waals surface area contributed by atoms with Crippen molar-refractivity contribution in [2.24, 2.45) is 0 Å². The van der Waals surface area contributed by atoms with Crippen molar-refractivity contribution in [1.82, 2.24) is 9.97 Å². The second kappa shape index (κ2) is 8.81. The van der Waals surface area contributed by atoms with Gasteiger partial charge in [-0.3, -0.25) is 14.5 Å². The predicted octanol–water partition coefficient (Wildman–Crippen LogP) is 4.95. The fraction of sp³-hybridized carbons (Fsp3) is 0.115. The molecule has 1 saturated heterocycles. The van der Waals surface area contributed by atoms with E-state index in [1.54, 1.807) is 36.4 Å². The van der Waals surface area contributed by atoms with Crippen LogP contribution in [-0.2, 0) is 9.59 Å². The Morgan fingerprint density at radius 2 is 1.86 bits per heavy atom. The number of nitrogens with one attached hydrogen (secondary N) is 1. The van der Waals surface area contributed by atoms with E-state index < -0.39 is 23.5 Å². The number of imidazole rings is 1. The number of aromatic amines is 1. The topological polar surface area (TPSA) is 116 Å². The maximum absolute atomic E-state index is 13.3. The number of Topliss-reactive ketones (excluding diaryl/α,β-unsaturated/α-hetero) is 1. The Balaban J connectivity index is 1.73. The van der Waals surface area contributed by atoms with Crippen LogP contribution < -0.4 is 9.64 Å². The van der Waals surface area contributed by atoms with Gasteiger partial charge in [-0.1, -0.05) is 35.9 Å². The largest absolute Gasteiger partial charge is 0.508 e. The summed E-state index contributed by atoms with van der Waals surface area (Å²) >= 11 is 6.36. The summed E-state index contributed by atoms with van der Waals surface area (Å²) < 4.78 is 5.51. The molecule has 1 unspecified atom stereocenters. The number of aliphatic hydroxyl groups excluding tert-OH is 1. The number of amides is 1. The third kappa shape index (κ3) is 3.87. The quantitative estimate of drug-likeness (QED) is 0.207. The number of nitrogens with zero attached hydrogens (tertiary/aromatic N) is 2. The van der Waals surface area contributed by atoms with Crippen molar-refractivity contribution < 1.29 is 24.5 Å². The lowest BCUT2D eigenvalue weighted by Crippen LogP contribution is -2.30. The Kier molecular flexibility index (Phi) is 5.66. The van der Waals surface area contributed by atoms with Gasteiger partial charge in [0, 0.05) is 5.56 Å². The van der Waals surface area contributed by atoms with Crippen LogP contribution in [0.1, 0.15) is 24.1 Å². The minimum atomic E-state index is -1.03. The Morgan fingerprint density at radius 1 is 1.11 bits per heavy atom. The number of para-hydroxylation sites is 2. The van der Waals surface area contributed by atoms with Crippen LogP contribution >= 0.6 is 11.6 Å². The monoisotopic (exact) mass is 489 g/mol. The second-order valence-corrected chi connectivity index (χ2v) is 8.32. The van der Waals surface area contributed by atoms with Crippen molar-refractivity contribution in [3.05, 3.63) is 88.5 Å². The molecule has 1 aliphatic rings. The minimum absolute atomic E-state index is 0.0156. The summed E-state index contributed by atoms with van der Waals surface area (Å²) in [5.41, 5.74) is 1.78. The number of benzene rings is 3. The Bertz CT molecular complexity index is 1460. The highest BCUT2D eigenvalue weighted by atomic mass is 35.5. The molecule has 0 radical (unpaired) electrons. The standard InChI is InChI=1S/C26H20ClN3O5/c1-2-35-16-11-12-18(27)17(13-16)23(32)21-22(14-7-9-15(31)10-8-14)30(25(34)24(21)33)26-28-19-5-3-4-6-20(19)29-26/h3-13,22,31-32H,2H2,1H3,(H,28,29)/b23-21+. The van der Waals surface area contributed by atoms with Crippen molar-refractivity contribution in [2.45, 2.75) is 13.0 Å². The molecule has 0 saturated carbocycles. The fourth-order valence-electron chi connectivity index (χ4n) is 4.16. The number of phenols is 1. The molecule has 1 aliphatic heterocycles. The van der Waals surface area contributed by atoms with Gasteiger partial charge in [-0.15, -0.1) is 0 Å². The molecule has 176 valence electrons. The van der Waals surface area contributed by atoms with Gasteiger partial charge in [0.2, 0.25) is 5.95 Å². The van der Waals surface area contributed by atoms with Crippen LogP contribution in [0.5, 0.6) is 11.5 Å². The third-order valence-corrected chi connectivity index (χ3v) is 6.09. The SMILES string of the molecule is CCOc1ccc(Cl)c(/C(O)=C2\C(=O)C(=O)N(c3nc4ccccc4[nH]3)C2c2ccc(O)cc2)c1. The van der Waals surface area contributed by atoms with E-state index in [9.17, 15) is 19.8 Å². The van der Waals surface area contributed by atoms with Gasteiger partial charge in [-0.2, -0.15) is 0 Å². The summed E-state index contributed by atoms with van der Waals surface area (Å²) in [6.45, 7) is 2.21. The normalized spacial score (nSPS) is 17.3. The first-order valence-corrected chi connectivity index (χ1v) is 11.2. The fourth-order valence-corrected chi connectivity index (χ4v) is 4.37. The van der Waals surface area contributed by atoms with Gasteiger partial charge in [0.15, 0.2) is 0 Å². The number of rotatable bonds is 5. The number of carbonyl (C=O) groups is 2. The van der Waals surface area contributed by atoms with E-state index >= 15 is 0 Å². The lowest BCUT2D eigenvalue weighted by Gasteiger charge is -2.23. The van der Waals surface area contributed by atoms with Crippen LogP contribution in [-0.4, -0.2) is 38.5 Å². The van der Waals surface area contributed by atoms with Gasteiger partial charge in [0.1, 0.15) is 17.3 Å². The maximum Gasteiger partial charge on any atom is 0.302 e. The lowest BCUT2D eigenvalue weighted by molar-refractivity contribution is -0.132. The average Bonchev–Trinajstić information content (AvgIpc) is 3.39. The van der Waals surface area contributed by atoms with E-state index in [-0.39, 0.29) is 27.9 Å². The molecule has 0 spiro atoms. The number of hydrogen-bond acceptors (Lipinski definition) is 6. The second-order valence-electron chi connectivity index (χ2n) is 7.91. The molecule has 1 atom stereocenters. The molecule has 1 fully saturated rings. The number of phenolic OH excluding ortho intramolecular Hbond substituents is 1. The summed E-state index contributed by atoms with van der Waals surface area (Å²) in [5, 5.41) is 21.3. The average molecular weight is 490 g/mol. The van der Waals surface area contributed by atoms with Crippen LogP contribution in [0.15, 0.2) is 72.3 Å². The molecule has 4 aromatic rings. The predicted molar refractivity (Wildman–Crippen MR) is 132 cm³/mol. The molecule has 3 N–H and O–H groups in total. The zero-order valence-corrected chi connectivity index (χ0v) is 19.3. The lowest BCUT2D eigenvalue weighted by atomic mass is 9.95. The number of aromatic hydroxyl groups is 1. The van der Waals surface area contributed by atoms with E-state index in [2.05, 4.69) is 9.97 Å². The molecule has 9 heteroatoms. The maximum atomic E-state index is 13.3. The number of aromatic nitrogens is 2. The molecule has 0 aliphatic carbocycles. The number of fused-ring (bicyclic) bond motifs is 1. The molecule has 2 heterocycles. The summed E-state index contributed by atoms with van der Waals surface area (Å²) in [5.74, 6) is -1.57. The van der Waals surface area contributed by atoms with Crippen molar-refractivity contribution in [1.29, 1.82) is 0 Å². The highest BCUT2D eigenvalue weighted by molar-refractivity contribution is 6.51. The van der Waals surface area contributed by atoms with Crippen LogP contribution in [0.2, 0.25) is 5.02 Å². The highest BCUT2D eigenvalue weighted by Crippen LogP contribution is 2.43. The number of carbonyl (C=O) groups excluding carboxylic acids is 2. The molecule has 5 rings (SSSR count). The van der Waals surface area contributed by atoms with Crippen molar-refractivity contribution in [3.8, 4) is 11.5 Å². The first-order valence-electron chi connectivity index (χ1n) is 10.9. The Labute approximate surface area is 205 Å². The molecule has 0 bridgehead atoms. The van der Waals surface area contributed by atoms with E-state index in [1.165, 1.54) is 23.1 Å². The summed E-state index contributed by atoms with van der Waals surface area (Å²) in [4.78, 5) is 35.4. The minimum Gasteiger partial charge on any atom is -0.508 e. The molecule has 8 nitrogen and oxygen atoms in total. The number of ketones is 1. The van der Waals surface area contributed by atoms with Gasteiger partial charge in [-0.25, -0.2) is 4.98 Å². The molecular formula is C26H20ClN3O5. The van der Waals surface area contributed by atoms with E-state index in [0.717, 1.165) is 0 Å². The first-order chi connectivity index (χ1) is 16.9. The number of anilines is 1. The van der Waals surface area contributed by atoms with Crippen molar-refractivity contribution in [3.63, 3.8) is 0 Å². The molecule has 1 amide bonds. The van der Waals surface area contributed by atoms with Crippen molar-refractivity contribution in [2.75, 3.05) is 11.5 Å². The van der Waals surface area contributed by atoms with Crippen LogP contribution in [0.4, 0.5) is 5.95 Å². The van der Waals surface area contributed by atoms with Gasteiger partial charge in [-0.05, 0) is 55.0 Å². The van der Waals surface area contributed by atoms with E-state index in [4.69, 9.17) is 16.3 Å². The number of H-pyrrole nitrogens is 1. The molecule has 1 aromatic heterocycles. The number of aliphatic hydroxyl groups is 1. The summed E-state index contributed by atoms with van der Waals surface area (Å²) in [7, 11) is 0. The van der Waals surface area contributed by atoms with Crippen LogP contribution in [0, 0.1) is 0 Å². The number of halogens is 1. The van der Waals surface area contributed by atoms with Crippen LogP contribution in [0.25, 0.3) is 16.8 Å². The van der Waals surface area contributed by atoms with Gasteiger partial charge < -0.3 is 19.9 Å². The number of hydrogen-bond donors (Lipinski definition) is 3. The van der Waals surface area contributed by atoms with Crippen LogP contribution in [0.3, 0.4) is 0 Å². The first kappa shape index (κ1) is 22.5. The summed E-state index contributed by atoms with van der Waals surface area (Å²) in [6.07, 6.45) is 0. The molecule has 3 aromatic carbocycles. The summed E-state index contributed by atoms with van der Waals surface area (Å²) in [6, 6.07) is 16.9. The smallest absolute Gasteiger partial charge is 0.302 e. The van der Waals surface area contributed by atoms with E-state index in [1.807, 2.05) is 19.1 Å². The van der Waals surface area contributed by atoms with Gasteiger partial charge in [0.25, 0.3) is 5.78 Å². The zero-order chi connectivity index (χ0) is 24.7. The van der Waals surface area contributed by atoms with Gasteiger partial charge in [0.05, 0.1) is 34.3 Å². The van der Waals surface area contributed by atoms with Crippen molar-refractivity contribution >= 4 is 46.0 Å². The zero-order valence-electron chi connectivity index (χ0n) is 18.5. The number of ether oxygens (including phenoxy) is 1. The highest BCUT2D eigenvalue weighted by Gasteiger charge is 2.48. The third-order valence-electron chi connectivity index (χ3n) is 5.76. The molecular weight excluding hydrogens is 470 g/mol. The Hall–Kier alpha value is -4.30. The Morgan fingerprint density at radius 3 is 2.57 bits per heavy atom.